The van der Waals surface area contributed by atoms with Gasteiger partial charge in [0.05, 0.1) is 18.4 Å². The Bertz CT molecular complexity index is 1180. The molecular formula is C28H33N5O3. The van der Waals surface area contributed by atoms with Gasteiger partial charge in [-0.3, -0.25) is 4.79 Å². The molecule has 1 fully saturated rings. The molecule has 3 amide bonds. The molecule has 8 heteroatoms. The smallest absolute Gasteiger partial charge is 0.323 e. The number of rotatable bonds is 8. The van der Waals surface area contributed by atoms with Crippen molar-refractivity contribution >= 4 is 34.7 Å². The van der Waals surface area contributed by atoms with Crippen LogP contribution in [-0.2, 0) is 0 Å². The van der Waals surface area contributed by atoms with Gasteiger partial charge in [-0.05, 0) is 48.9 Å². The summed E-state index contributed by atoms with van der Waals surface area (Å²) in [5.41, 5.74) is 3.73. The monoisotopic (exact) mass is 487 g/mol. The SMILES string of the molecule is CCCNC(=O)c1cc(NC(=O)Nc2ccccc2)ccc1N1CCN(c2ccccc2OC)CC1. The van der Waals surface area contributed by atoms with Crippen molar-refractivity contribution < 1.29 is 14.3 Å². The molecule has 8 nitrogen and oxygen atoms in total. The van der Waals surface area contributed by atoms with Gasteiger partial charge >= 0.3 is 6.03 Å². The second-order valence-electron chi connectivity index (χ2n) is 8.58. The van der Waals surface area contributed by atoms with E-state index in [2.05, 4.69) is 31.8 Å². The van der Waals surface area contributed by atoms with Crippen LogP contribution in [0.15, 0.2) is 72.8 Å². The third kappa shape index (κ3) is 6.07. The summed E-state index contributed by atoms with van der Waals surface area (Å²) in [6.07, 6.45) is 0.843. The van der Waals surface area contributed by atoms with Crippen LogP contribution in [0.3, 0.4) is 0 Å². The second kappa shape index (κ2) is 12.0. The maximum absolute atomic E-state index is 13.1. The summed E-state index contributed by atoms with van der Waals surface area (Å²) in [5.74, 6) is 0.709. The lowest BCUT2D eigenvalue weighted by atomic mass is 10.1. The Hall–Kier alpha value is -4.20. The molecule has 1 saturated heterocycles. The Morgan fingerprint density at radius 2 is 1.44 bits per heavy atom. The molecule has 0 saturated carbocycles. The van der Waals surface area contributed by atoms with Gasteiger partial charge in [-0.25, -0.2) is 4.79 Å². The molecule has 188 valence electrons. The molecule has 0 radical (unpaired) electrons. The highest BCUT2D eigenvalue weighted by Crippen LogP contribution is 2.31. The Balaban J connectivity index is 1.50. The van der Waals surface area contributed by atoms with Crippen LogP contribution < -0.4 is 30.5 Å². The molecule has 1 aliphatic heterocycles. The van der Waals surface area contributed by atoms with Crippen molar-refractivity contribution in [2.24, 2.45) is 0 Å². The molecular weight excluding hydrogens is 454 g/mol. The molecule has 0 bridgehead atoms. The fraction of sp³-hybridized carbons (Fsp3) is 0.286. The van der Waals surface area contributed by atoms with Gasteiger partial charge < -0.3 is 30.5 Å². The number of hydrogen-bond acceptors (Lipinski definition) is 5. The molecule has 0 unspecified atom stereocenters. The van der Waals surface area contributed by atoms with E-state index in [-0.39, 0.29) is 11.9 Å². The van der Waals surface area contributed by atoms with Crippen molar-refractivity contribution in [3.05, 3.63) is 78.4 Å². The first-order chi connectivity index (χ1) is 17.6. The summed E-state index contributed by atoms with van der Waals surface area (Å²) >= 11 is 0. The quantitative estimate of drug-likeness (QED) is 0.425. The standard InChI is InChI=1S/C28H33N5O3/c1-3-15-29-27(34)23-20-22(31-28(35)30-21-9-5-4-6-10-21)13-14-24(23)32-16-18-33(19-17-32)25-11-7-8-12-26(25)36-2/h4-14,20H,3,15-19H2,1-2H3,(H,29,34)(H2,30,31,35). The van der Waals surface area contributed by atoms with Crippen LogP contribution in [0.2, 0.25) is 0 Å². The third-order valence-electron chi connectivity index (χ3n) is 6.11. The number of nitrogens with one attached hydrogen (secondary N) is 3. The first kappa shape index (κ1) is 24.9. The zero-order valence-electron chi connectivity index (χ0n) is 20.8. The van der Waals surface area contributed by atoms with E-state index >= 15 is 0 Å². The maximum atomic E-state index is 13.1. The molecule has 1 aliphatic rings. The summed E-state index contributed by atoms with van der Waals surface area (Å²) in [7, 11) is 1.69. The van der Waals surface area contributed by atoms with Crippen LogP contribution >= 0.6 is 0 Å². The Morgan fingerprint density at radius 1 is 0.806 bits per heavy atom. The van der Waals surface area contributed by atoms with E-state index in [9.17, 15) is 9.59 Å². The fourth-order valence-electron chi connectivity index (χ4n) is 4.30. The Morgan fingerprint density at radius 3 is 2.14 bits per heavy atom. The first-order valence-electron chi connectivity index (χ1n) is 12.3. The van der Waals surface area contributed by atoms with Crippen LogP contribution in [0.4, 0.5) is 27.5 Å². The molecule has 3 N–H and O–H groups in total. The maximum Gasteiger partial charge on any atom is 0.323 e. The number of ether oxygens (including phenoxy) is 1. The van der Waals surface area contributed by atoms with E-state index in [1.54, 1.807) is 13.2 Å². The summed E-state index contributed by atoms with van der Waals surface area (Å²) in [6, 6.07) is 22.4. The normalized spacial score (nSPS) is 13.2. The average molecular weight is 488 g/mol. The number of urea groups is 1. The molecule has 1 heterocycles. The number of amides is 3. The molecule has 0 spiro atoms. The van der Waals surface area contributed by atoms with Crippen molar-refractivity contribution in [1.29, 1.82) is 0 Å². The zero-order valence-corrected chi connectivity index (χ0v) is 20.8. The van der Waals surface area contributed by atoms with Gasteiger partial charge in [0, 0.05) is 49.8 Å². The number of hydrogen-bond donors (Lipinski definition) is 3. The number of carbonyl (C=O) groups is 2. The number of methoxy groups -OCH3 is 1. The van der Waals surface area contributed by atoms with Crippen molar-refractivity contribution in [3.63, 3.8) is 0 Å². The predicted molar refractivity (Wildman–Crippen MR) is 146 cm³/mol. The minimum Gasteiger partial charge on any atom is -0.495 e. The van der Waals surface area contributed by atoms with Crippen LogP contribution in [-0.4, -0.2) is 51.8 Å². The minimum atomic E-state index is -0.362. The van der Waals surface area contributed by atoms with Crippen molar-refractivity contribution in [2.45, 2.75) is 13.3 Å². The van der Waals surface area contributed by atoms with Crippen molar-refractivity contribution in [1.82, 2.24) is 5.32 Å². The number of piperazine rings is 1. The van der Waals surface area contributed by atoms with E-state index in [0.717, 1.165) is 49.7 Å². The Labute approximate surface area is 212 Å². The van der Waals surface area contributed by atoms with Gasteiger partial charge in [-0.1, -0.05) is 37.3 Å². The highest BCUT2D eigenvalue weighted by molar-refractivity contribution is 6.04. The van der Waals surface area contributed by atoms with Gasteiger partial charge in [0.2, 0.25) is 0 Å². The summed E-state index contributed by atoms with van der Waals surface area (Å²) < 4.78 is 5.53. The van der Waals surface area contributed by atoms with Gasteiger partial charge in [0.25, 0.3) is 5.91 Å². The first-order valence-corrected chi connectivity index (χ1v) is 12.3. The van der Waals surface area contributed by atoms with Crippen LogP contribution in [0.25, 0.3) is 0 Å². The van der Waals surface area contributed by atoms with Crippen LogP contribution in [0, 0.1) is 0 Å². The third-order valence-corrected chi connectivity index (χ3v) is 6.11. The van der Waals surface area contributed by atoms with E-state index in [0.29, 0.717) is 23.5 Å². The molecule has 4 rings (SSSR count). The molecule has 0 aromatic heterocycles. The highest BCUT2D eigenvalue weighted by Gasteiger charge is 2.23. The van der Waals surface area contributed by atoms with Crippen LogP contribution in [0.1, 0.15) is 23.7 Å². The average Bonchev–Trinajstić information content (AvgIpc) is 2.92. The summed E-state index contributed by atoms with van der Waals surface area (Å²) in [4.78, 5) is 30.1. The summed E-state index contributed by atoms with van der Waals surface area (Å²) in [6.45, 7) is 5.72. The lowest BCUT2D eigenvalue weighted by molar-refractivity contribution is 0.0954. The van der Waals surface area contributed by atoms with E-state index in [4.69, 9.17) is 4.74 Å². The Kier molecular flexibility index (Phi) is 8.28. The second-order valence-corrected chi connectivity index (χ2v) is 8.58. The molecule has 0 aliphatic carbocycles. The van der Waals surface area contributed by atoms with E-state index in [1.807, 2.05) is 67.6 Å². The number of carbonyl (C=O) groups excluding carboxylic acids is 2. The van der Waals surface area contributed by atoms with Gasteiger partial charge in [-0.2, -0.15) is 0 Å². The zero-order chi connectivity index (χ0) is 25.3. The molecule has 3 aromatic carbocycles. The fourth-order valence-corrected chi connectivity index (χ4v) is 4.30. The lowest BCUT2D eigenvalue weighted by Gasteiger charge is -2.38. The number of anilines is 4. The van der Waals surface area contributed by atoms with Gasteiger partial charge in [0.15, 0.2) is 0 Å². The number of para-hydroxylation sites is 3. The lowest BCUT2D eigenvalue weighted by Crippen LogP contribution is -2.47. The molecule has 0 atom stereocenters. The topological polar surface area (TPSA) is 85.9 Å². The van der Waals surface area contributed by atoms with Crippen LogP contribution in [0.5, 0.6) is 5.75 Å². The summed E-state index contributed by atoms with van der Waals surface area (Å²) in [5, 5.41) is 8.62. The molecule has 3 aromatic rings. The molecule has 36 heavy (non-hydrogen) atoms. The highest BCUT2D eigenvalue weighted by atomic mass is 16.5. The van der Waals surface area contributed by atoms with Crippen molar-refractivity contribution in [3.8, 4) is 5.75 Å². The number of benzene rings is 3. The van der Waals surface area contributed by atoms with E-state index in [1.165, 1.54) is 0 Å². The minimum absolute atomic E-state index is 0.147. The largest absolute Gasteiger partial charge is 0.495 e. The predicted octanol–water partition coefficient (Wildman–Crippen LogP) is 4.81. The van der Waals surface area contributed by atoms with Gasteiger partial charge in [0.1, 0.15) is 5.75 Å². The van der Waals surface area contributed by atoms with Crippen molar-refractivity contribution in [2.75, 3.05) is 60.3 Å². The van der Waals surface area contributed by atoms with Gasteiger partial charge in [-0.15, -0.1) is 0 Å². The van der Waals surface area contributed by atoms with E-state index < -0.39 is 0 Å². The number of nitrogens with zero attached hydrogens (tertiary/aromatic N) is 2.